The molecule has 0 aliphatic rings. The highest BCUT2D eigenvalue weighted by Crippen LogP contribution is 2.27. The van der Waals surface area contributed by atoms with Gasteiger partial charge in [-0.2, -0.15) is 0 Å². The molecule has 6 nitrogen and oxygen atoms in total. The highest BCUT2D eigenvalue weighted by molar-refractivity contribution is 6.30. The molecule has 0 saturated carbocycles. The fraction of sp³-hybridized carbons (Fsp3) is 0.300. The number of carbonyl (C=O) groups excluding carboxylic acids is 2. The van der Waals surface area contributed by atoms with Gasteiger partial charge in [-0.05, 0) is 42.3 Å². The largest absolute Gasteiger partial charge is 0.495 e. The number of nitrogens with two attached hydrogens (primary N) is 1. The molecule has 1 atom stereocenters. The van der Waals surface area contributed by atoms with Crippen molar-refractivity contribution < 1.29 is 18.7 Å². The number of hydrogen-bond acceptors (Lipinski definition) is 4. The predicted octanol–water partition coefficient (Wildman–Crippen LogP) is 2.75. The van der Waals surface area contributed by atoms with Crippen LogP contribution in [0.25, 0.3) is 0 Å². The molecule has 2 amide bonds. The van der Waals surface area contributed by atoms with Crippen molar-refractivity contribution >= 4 is 29.1 Å². The molecule has 2 aromatic rings. The van der Waals surface area contributed by atoms with Crippen LogP contribution in [0.3, 0.4) is 0 Å². The van der Waals surface area contributed by atoms with Crippen LogP contribution < -0.4 is 21.1 Å². The van der Waals surface area contributed by atoms with E-state index in [1.165, 1.54) is 12.1 Å². The van der Waals surface area contributed by atoms with Crippen LogP contribution >= 0.6 is 11.6 Å². The maximum absolute atomic E-state index is 13.0. The van der Waals surface area contributed by atoms with E-state index in [0.717, 1.165) is 5.56 Å². The van der Waals surface area contributed by atoms with E-state index in [0.29, 0.717) is 29.4 Å². The SMILES string of the molecule is COc1ccc(Cl)cc1NCCC(=O)NCC(Cc1ccc(F)cc1)C(N)=O. The first-order valence-corrected chi connectivity index (χ1v) is 9.14. The summed E-state index contributed by atoms with van der Waals surface area (Å²) < 4.78 is 18.2. The van der Waals surface area contributed by atoms with Crippen LogP contribution in [0.1, 0.15) is 12.0 Å². The Morgan fingerprint density at radius 2 is 1.93 bits per heavy atom. The standard InChI is InChI=1S/C20H23ClFN3O3/c1-28-18-7-4-15(21)11-17(18)24-9-8-19(26)25-12-14(20(23)27)10-13-2-5-16(22)6-3-13/h2-7,11,14,24H,8-10,12H2,1H3,(H2,23,27)(H,25,26). The Kier molecular flexibility index (Phi) is 8.07. The zero-order chi connectivity index (χ0) is 20.5. The molecular formula is C20H23ClFN3O3. The van der Waals surface area contributed by atoms with Gasteiger partial charge in [-0.3, -0.25) is 9.59 Å². The number of hydrogen-bond donors (Lipinski definition) is 3. The van der Waals surface area contributed by atoms with Crippen molar-refractivity contribution in [2.75, 3.05) is 25.5 Å². The lowest BCUT2D eigenvalue weighted by Crippen LogP contribution is -2.37. The summed E-state index contributed by atoms with van der Waals surface area (Å²) >= 11 is 5.97. The second-order valence-corrected chi connectivity index (χ2v) is 6.69. The van der Waals surface area contributed by atoms with E-state index in [9.17, 15) is 14.0 Å². The zero-order valence-electron chi connectivity index (χ0n) is 15.5. The van der Waals surface area contributed by atoms with Gasteiger partial charge in [-0.1, -0.05) is 23.7 Å². The minimum absolute atomic E-state index is 0.117. The molecule has 0 heterocycles. The molecule has 0 aliphatic carbocycles. The van der Waals surface area contributed by atoms with Gasteiger partial charge in [0.15, 0.2) is 0 Å². The van der Waals surface area contributed by atoms with E-state index in [2.05, 4.69) is 10.6 Å². The second kappa shape index (κ2) is 10.5. The predicted molar refractivity (Wildman–Crippen MR) is 107 cm³/mol. The normalized spacial score (nSPS) is 11.5. The summed E-state index contributed by atoms with van der Waals surface area (Å²) in [7, 11) is 1.55. The zero-order valence-corrected chi connectivity index (χ0v) is 16.3. The quantitative estimate of drug-likeness (QED) is 0.564. The van der Waals surface area contributed by atoms with Crippen LogP contribution in [0.5, 0.6) is 5.75 Å². The third kappa shape index (κ3) is 6.74. The van der Waals surface area contributed by atoms with E-state index in [1.54, 1.807) is 37.4 Å². The van der Waals surface area contributed by atoms with Crippen molar-refractivity contribution in [3.63, 3.8) is 0 Å². The molecule has 28 heavy (non-hydrogen) atoms. The molecule has 0 aromatic heterocycles. The summed E-state index contributed by atoms with van der Waals surface area (Å²) in [6, 6.07) is 11.0. The molecule has 0 bridgehead atoms. The van der Waals surface area contributed by atoms with Gasteiger partial charge in [0.05, 0.1) is 18.7 Å². The third-order valence-electron chi connectivity index (χ3n) is 4.17. The molecule has 0 aliphatic heterocycles. The number of primary amides is 1. The molecule has 2 rings (SSSR count). The summed E-state index contributed by atoms with van der Waals surface area (Å²) in [6.45, 7) is 0.480. The number of benzene rings is 2. The Labute approximate surface area is 168 Å². The smallest absolute Gasteiger partial charge is 0.222 e. The Morgan fingerprint density at radius 1 is 1.21 bits per heavy atom. The van der Waals surface area contributed by atoms with E-state index >= 15 is 0 Å². The summed E-state index contributed by atoms with van der Waals surface area (Å²) in [4.78, 5) is 23.7. The first kappa shape index (κ1) is 21.5. The summed E-state index contributed by atoms with van der Waals surface area (Å²) in [5.74, 6) is -1.05. The van der Waals surface area contributed by atoms with Crippen LogP contribution in [0.2, 0.25) is 5.02 Å². The Balaban J connectivity index is 1.80. The van der Waals surface area contributed by atoms with Gasteiger partial charge >= 0.3 is 0 Å². The third-order valence-corrected chi connectivity index (χ3v) is 4.41. The van der Waals surface area contributed by atoms with Gasteiger partial charge in [0, 0.05) is 24.5 Å². The van der Waals surface area contributed by atoms with Crippen molar-refractivity contribution in [2.45, 2.75) is 12.8 Å². The number of anilines is 1. The van der Waals surface area contributed by atoms with Crippen LogP contribution in [-0.2, 0) is 16.0 Å². The molecule has 2 aromatic carbocycles. The van der Waals surface area contributed by atoms with Gasteiger partial charge in [0.25, 0.3) is 0 Å². The van der Waals surface area contributed by atoms with Gasteiger partial charge in [0.1, 0.15) is 11.6 Å². The van der Waals surface area contributed by atoms with Crippen molar-refractivity contribution in [1.82, 2.24) is 5.32 Å². The lowest BCUT2D eigenvalue weighted by atomic mass is 9.98. The second-order valence-electron chi connectivity index (χ2n) is 6.26. The van der Waals surface area contributed by atoms with E-state index < -0.39 is 11.8 Å². The molecule has 0 fully saturated rings. The Morgan fingerprint density at radius 3 is 2.57 bits per heavy atom. The number of nitrogens with one attached hydrogen (secondary N) is 2. The number of carbonyl (C=O) groups is 2. The average Bonchev–Trinajstić information content (AvgIpc) is 2.66. The lowest BCUT2D eigenvalue weighted by Gasteiger charge is -2.15. The number of halogens is 2. The first-order valence-electron chi connectivity index (χ1n) is 8.77. The Hall–Kier alpha value is -2.80. The molecule has 0 saturated heterocycles. The monoisotopic (exact) mass is 407 g/mol. The minimum Gasteiger partial charge on any atom is -0.495 e. The van der Waals surface area contributed by atoms with Crippen molar-refractivity contribution in [2.24, 2.45) is 11.7 Å². The fourth-order valence-electron chi connectivity index (χ4n) is 2.63. The van der Waals surface area contributed by atoms with Gasteiger partial charge in [-0.15, -0.1) is 0 Å². The number of amides is 2. The van der Waals surface area contributed by atoms with E-state index in [1.807, 2.05) is 0 Å². The molecule has 1 unspecified atom stereocenters. The molecular weight excluding hydrogens is 385 g/mol. The molecule has 150 valence electrons. The van der Waals surface area contributed by atoms with E-state index in [-0.39, 0.29) is 24.7 Å². The van der Waals surface area contributed by atoms with Crippen molar-refractivity contribution in [3.05, 3.63) is 58.9 Å². The van der Waals surface area contributed by atoms with E-state index in [4.69, 9.17) is 22.1 Å². The average molecular weight is 408 g/mol. The highest BCUT2D eigenvalue weighted by atomic mass is 35.5. The number of methoxy groups -OCH3 is 1. The number of rotatable bonds is 10. The van der Waals surface area contributed by atoms with Gasteiger partial charge < -0.3 is 21.1 Å². The minimum atomic E-state index is -0.574. The molecule has 8 heteroatoms. The van der Waals surface area contributed by atoms with Gasteiger partial charge in [0.2, 0.25) is 11.8 Å². The summed E-state index contributed by atoms with van der Waals surface area (Å²) in [6.07, 6.45) is 0.519. The van der Waals surface area contributed by atoms with Crippen LogP contribution in [-0.4, -0.2) is 32.0 Å². The topological polar surface area (TPSA) is 93.4 Å². The van der Waals surface area contributed by atoms with Gasteiger partial charge in [-0.25, -0.2) is 4.39 Å². The van der Waals surface area contributed by atoms with Crippen molar-refractivity contribution in [1.29, 1.82) is 0 Å². The first-order chi connectivity index (χ1) is 13.4. The lowest BCUT2D eigenvalue weighted by molar-refractivity contribution is -0.123. The molecule has 4 N–H and O–H groups in total. The van der Waals surface area contributed by atoms with Crippen LogP contribution in [0.15, 0.2) is 42.5 Å². The number of ether oxygens (including phenoxy) is 1. The summed E-state index contributed by atoms with van der Waals surface area (Å²) in [5, 5.41) is 6.36. The maximum atomic E-state index is 13.0. The molecule has 0 radical (unpaired) electrons. The maximum Gasteiger partial charge on any atom is 0.222 e. The van der Waals surface area contributed by atoms with Crippen LogP contribution in [0.4, 0.5) is 10.1 Å². The molecule has 0 spiro atoms. The van der Waals surface area contributed by atoms with Crippen molar-refractivity contribution in [3.8, 4) is 5.75 Å². The Bertz CT molecular complexity index is 815. The van der Waals surface area contributed by atoms with Crippen LogP contribution in [0, 0.1) is 11.7 Å². The summed E-state index contributed by atoms with van der Waals surface area (Å²) in [5.41, 5.74) is 6.88. The fourth-order valence-corrected chi connectivity index (χ4v) is 2.80. The highest BCUT2D eigenvalue weighted by Gasteiger charge is 2.17.